The average Bonchev–Trinajstić information content (AvgIpc) is 2.17. The molecule has 16 heavy (non-hydrogen) atoms. The van der Waals surface area contributed by atoms with Gasteiger partial charge in [0.15, 0.2) is 0 Å². The molecule has 94 valence electrons. The molecule has 0 aliphatic heterocycles. The lowest BCUT2D eigenvalue weighted by Gasteiger charge is -2.30. The Kier molecular flexibility index (Phi) is 6.29. The Bertz CT molecular complexity index is 240. The van der Waals surface area contributed by atoms with E-state index in [0.717, 1.165) is 0 Å². The lowest BCUT2D eigenvalue weighted by atomic mass is 9.81. The molecule has 0 unspecified atom stereocenters. The van der Waals surface area contributed by atoms with Gasteiger partial charge < -0.3 is 14.9 Å². The minimum absolute atomic E-state index is 0.160. The van der Waals surface area contributed by atoms with Gasteiger partial charge in [0.25, 0.3) is 0 Å². The van der Waals surface area contributed by atoms with Crippen LogP contribution in [0.2, 0.25) is 0 Å². The van der Waals surface area contributed by atoms with E-state index < -0.39 is 23.4 Å². The number of hydrogen-bond acceptors (Lipinski definition) is 4. The molecule has 0 aliphatic carbocycles. The van der Waals surface area contributed by atoms with Crippen molar-refractivity contribution in [2.24, 2.45) is 11.3 Å². The molecule has 0 radical (unpaired) electrons. The number of carbonyl (C=O) groups is 1. The summed E-state index contributed by atoms with van der Waals surface area (Å²) in [6.07, 6.45) is 2.10. The van der Waals surface area contributed by atoms with Crippen LogP contribution in [0.25, 0.3) is 0 Å². The number of hydrogen-bond donors (Lipinski definition) is 2. The molecule has 2 N–H and O–H groups in total. The fourth-order valence-electron chi connectivity index (χ4n) is 1.30. The highest BCUT2D eigenvalue weighted by Gasteiger charge is 2.34. The maximum Gasteiger partial charge on any atom is 0.315 e. The zero-order chi connectivity index (χ0) is 12.8. The van der Waals surface area contributed by atoms with Gasteiger partial charge in [-0.25, -0.2) is 0 Å². The van der Waals surface area contributed by atoms with Crippen LogP contribution in [0, 0.1) is 11.3 Å². The van der Waals surface area contributed by atoms with Crippen molar-refractivity contribution >= 4 is 5.97 Å². The molecule has 0 saturated heterocycles. The van der Waals surface area contributed by atoms with Gasteiger partial charge in [-0.2, -0.15) is 0 Å². The Morgan fingerprint density at radius 1 is 1.44 bits per heavy atom. The monoisotopic (exact) mass is 230 g/mol. The fourth-order valence-corrected chi connectivity index (χ4v) is 1.30. The zero-order valence-electron chi connectivity index (χ0n) is 10.4. The molecule has 0 aromatic rings. The average molecular weight is 230 g/mol. The third-order valence-electron chi connectivity index (χ3n) is 2.24. The molecule has 0 aromatic heterocycles. The summed E-state index contributed by atoms with van der Waals surface area (Å²) in [6.45, 7) is 7.37. The minimum atomic E-state index is -0.839. The zero-order valence-corrected chi connectivity index (χ0v) is 10.4. The third-order valence-corrected chi connectivity index (χ3v) is 2.24. The van der Waals surface area contributed by atoms with E-state index in [1.807, 2.05) is 20.8 Å². The number of carbonyl (C=O) groups excluding carboxylic acids is 1. The summed E-state index contributed by atoms with van der Waals surface area (Å²) in [7, 11) is 0. The van der Waals surface area contributed by atoms with Gasteiger partial charge in [-0.15, -0.1) is 0 Å². The van der Waals surface area contributed by atoms with Crippen molar-refractivity contribution < 1.29 is 19.7 Å². The number of esters is 1. The predicted molar refractivity (Wildman–Crippen MR) is 61.8 cm³/mol. The smallest absolute Gasteiger partial charge is 0.315 e. The van der Waals surface area contributed by atoms with E-state index in [1.165, 1.54) is 12.2 Å². The van der Waals surface area contributed by atoms with Gasteiger partial charge >= 0.3 is 5.97 Å². The maximum absolute atomic E-state index is 11.6. The van der Waals surface area contributed by atoms with Crippen LogP contribution in [0.3, 0.4) is 0 Å². The first kappa shape index (κ1) is 15.1. The molecule has 4 heteroatoms. The Balaban J connectivity index is 4.79. The summed E-state index contributed by atoms with van der Waals surface area (Å²) < 4.78 is 4.89. The highest BCUT2D eigenvalue weighted by Crippen LogP contribution is 2.26. The van der Waals surface area contributed by atoms with Crippen LogP contribution in [-0.2, 0) is 9.53 Å². The van der Waals surface area contributed by atoms with Crippen molar-refractivity contribution in [3.8, 4) is 0 Å². The summed E-state index contributed by atoms with van der Waals surface area (Å²) in [5.74, 6) is -1.19. The second-order valence-corrected chi connectivity index (χ2v) is 4.70. The van der Waals surface area contributed by atoms with Crippen LogP contribution >= 0.6 is 0 Å². The number of aliphatic hydroxyl groups is 2. The minimum Gasteiger partial charge on any atom is -0.465 e. The van der Waals surface area contributed by atoms with Crippen molar-refractivity contribution in [2.45, 2.75) is 33.8 Å². The number of aliphatic hydroxyl groups excluding tert-OH is 2. The van der Waals surface area contributed by atoms with E-state index >= 15 is 0 Å². The Labute approximate surface area is 96.9 Å². The molecule has 2 atom stereocenters. The fraction of sp³-hybridized carbons (Fsp3) is 0.750. The molecule has 0 fully saturated rings. The Morgan fingerprint density at radius 3 is 2.38 bits per heavy atom. The summed E-state index contributed by atoms with van der Waals surface area (Å²) in [5, 5.41) is 18.7. The van der Waals surface area contributed by atoms with Crippen LogP contribution < -0.4 is 0 Å². The normalized spacial score (nSPS) is 16.1. The van der Waals surface area contributed by atoms with Crippen molar-refractivity contribution in [1.82, 2.24) is 0 Å². The standard InChI is InChI=1S/C12H22O4/c1-5-16-11(15)9(7-6-8-13)10(14)12(2,3)4/h6-7,9-10,13-14H,5,8H2,1-4H3/b7-6+/t9-,10+/m0/s1. The van der Waals surface area contributed by atoms with Crippen molar-refractivity contribution in [1.29, 1.82) is 0 Å². The maximum atomic E-state index is 11.6. The Morgan fingerprint density at radius 2 is 2.00 bits per heavy atom. The molecule has 4 nitrogen and oxygen atoms in total. The molecule has 0 aliphatic rings. The molecular weight excluding hydrogens is 208 g/mol. The number of rotatable bonds is 5. The SMILES string of the molecule is CCOC(=O)[C@@H](/C=C/CO)[C@@H](O)C(C)(C)C. The molecule has 0 bridgehead atoms. The first-order chi connectivity index (χ1) is 7.34. The van der Waals surface area contributed by atoms with E-state index in [2.05, 4.69) is 0 Å². The van der Waals surface area contributed by atoms with Gasteiger partial charge in [-0.05, 0) is 12.3 Å². The van der Waals surface area contributed by atoms with E-state index in [1.54, 1.807) is 6.92 Å². The number of ether oxygens (including phenoxy) is 1. The lowest BCUT2D eigenvalue weighted by Crippen LogP contribution is -2.38. The summed E-state index contributed by atoms with van der Waals surface area (Å²) in [5.41, 5.74) is -0.419. The largest absolute Gasteiger partial charge is 0.465 e. The van der Waals surface area contributed by atoms with Gasteiger partial charge in [-0.1, -0.05) is 32.9 Å². The summed E-state index contributed by atoms with van der Waals surface area (Å²) in [4.78, 5) is 11.6. The van der Waals surface area contributed by atoms with Crippen molar-refractivity contribution in [3.63, 3.8) is 0 Å². The first-order valence-electron chi connectivity index (χ1n) is 5.46. The van der Waals surface area contributed by atoms with Crippen molar-refractivity contribution in [2.75, 3.05) is 13.2 Å². The second kappa shape index (κ2) is 6.66. The van der Waals surface area contributed by atoms with Crippen LogP contribution in [0.1, 0.15) is 27.7 Å². The summed E-state index contributed by atoms with van der Waals surface area (Å²) in [6, 6.07) is 0. The van der Waals surface area contributed by atoms with E-state index in [-0.39, 0.29) is 13.2 Å². The molecule has 0 spiro atoms. The summed E-state index contributed by atoms with van der Waals surface area (Å²) >= 11 is 0. The van der Waals surface area contributed by atoms with Crippen LogP contribution in [0.15, 0.2) is 12.2 Å². The lowest BCUT2D eigenvalue weighted by molar-refractivity contribution is -0.152. The predicted octanol–water partition coefficient (Wildman–Crippen LogP) is 1.12. The van der Waals surface area contributed by atoms with Gasteiger partial charge in [0.05, 0.1) is 19.3 Å². The molecule has 0 rings (SSSR count). The quantitative estimate of drug-likeness (QED) is 0.548. The second-order valence-electron chi connectivity index (χ2n) is 4.70. The third kappa shape index (κ3) is 4.77. The molecule has 0 saturated carbocycles. The van der Waals surface area contributed by atoms with E-state index in [0.29, 0.717) is 0 Å². The molecular formula is C12H22O4. The van der Waals surface area contributed by atoms with E-state index in [9.17, 15) is 9.90 Å². The Hall–Kier alpha value is -0.870. The topological polar surface area (TPSA) is 66.8 Å². The molecule has 0 heterocycles. The van der Waals surface area contributed by atoms with Crippen LogP contribution in [0.4, 0.5) is 0 Å². The highest BCUT2D eigenvalue weighted by molar-refractivity contribution is 5.75. The van der Waals surface area contributed by atoms with Gasteiger partial charge in [-0.3, -0.25) is 4.79 Å². The highest BCUT2D eigenvalue weighted by atomic mass is 16.5. The molecule has 0 amide bonds. The van der Waals surface area contributed by atoms with Gasteiger partial charge in [0.2, 0.25) is 0 Å². The van der Waals surface area contributed by atoms with Gasteiger partial charge in [0, 0.05) is 0 Å². The van der Waals surface area contributed by atoms with Gasteiger partial charge in [0.1, 0.15) is 5.92 Å². The van der Waals surface area contributed by atoms with E-state index in [4.69, 9.17) is 9.84 Å². The van der Waals surface area contributed by atoms with Crippen LogP contribution in [-0.4, -0.2) is 35.5 Å². The van der Waals surface area contributed by atoms with Crippen molar-refractivity contribution in [3.05, 3.63) is 12.2 Å². The van der Waals surface area contributed by atoms with Crippen LogP contribution in [0.5, 0.6) is 0 Å². The first-order valence-corrected chi connectivity index (χ1v) is 5.46. The molecule has 0 aromatic carbocycles.